The van der Waals surface area contributed by atoms with Crippen LogP contribution in [0.1, 0.15) is 81.3 Å². The maximum atomic E-state index is 12.6. The number of amides is 2. The number of carbonyl (C=O) groups is 3. The van der Waals surface area contributed by atoms with Crippen LogP contribution in [0.3, 0.4) is 0 Å². The minimum absolute atomic E-state index is 0.0204. The lowest BCUT2D eigenvalue weighted by Gasteiger charge is -2.18. The summed E-state index contributed by atoms with van der Waals surface area (Å²) in [5, 5.41) is 3.38. The van der Waals surface area contributed by atoms with Crippen LogP contribution in [0.2, 0.25) is 0 Å². The van der Waals surface area contributed by atoms with E-state index in [4.69, 9.17) is 5.73 Å². The van der Waals surface area contributed by atoms with Gasteiger partial charge in [-0.3, -0.25) is 14.4 Å². The minimum atomic E-state index is -0.498. The van der Waals surface area contributed by atoms with E-state index < -0.39 is 5.91 Å². The van der Waals surface area contributed by atoms with Gasteiger partial charge in [-0.1, -0.05) is 19.1 Å². The fraction of sp³-hybridized carbons (Fsp3) is 0.458. The number of Topliss-reactive ketones (excluding diaryl/α,β-unsaturated/α-hetero) is 1. The quantitative estimate of drug-likeness (QED) is 0.671. The number of hydrogen-bond donors (Lipinski definition) is 2. The predicted molar refractivity (Wildman–Crippen MR) is 119 cm³/mol. The highest BCUT2D eigenvalue weighted by Gasteiger charge is 2.27. The number of anilines is 1. The molecule has 158 valence electrons. The van der Waals surface area contributed by atoms with Crippen molar-refractivity contribution in [2.45, 2.75) is 64.7 Å². The summed E-state index contributed by atoms with van der Waals surface area (Å²) < 4.78 is 0. The highest BCUT2D eigenvalue weighted by atomic mass is 32.1. The number of aryl methyl sites for hydroxylation is 2. The molecule has 6 heteroatoms. The number of carbonyl (C=O) groups excluding carboxylic acids is 3. The molecule has 0 aliphatic heterocycles. The number of thiophene rings is 1. The van der Waals surface area contributed by atoms with Gasteiger partial charge >= 0.3 is 0 Å². The summed E-state index contributed by atoms with van der Waals surface area (Å²) in [6.45, 7) is 2.19. The molecule has 4 rings (SSSR count). The zero-order chi connectivity index (χ0) is 21.3. The smallest absolute Gasteiger partial charge is 0.251 e. The van der Waals surface area contributed by atoms with Crippen molar-refractivity contribution in [1.29, 1.82) is 0 Å². The molecule has 0 saturated heterocycles. The molecular weight excluding hydrogens is 396 g/mol. The van der Waals surface area contributed by atoms with Crippen LogP contribution in [-0.2, 0) is 30.5 Å². The molecule has 0 fully saturated rings. The van der Waals surface area contributed by atoms with Crippen LogP contribution in [0.15, 0.2) is 18.2 Å². The van der Waals surface area contributed by atoms with Gasteiger partial charge in [0.25, 0.3) is 5.91 Å². The minimum Gasteiger partial charge on any atom is -0.365 e. The highest BCUT2D eigenvalue weighted by Crippen LogP contribution is 2.39. The highest BCUT2D eigenvalue weighted by molar-refractivity contribution is 7.17. The summed E-state index contributed by atoms with van der Waals surface area (Å²) in [4.78, 5) is 38.3. The average molecular weight is 425 g/mol. The molecule has 0 bridgehead atoms. The molecule has 2 aliphatic carbocycles. The maximum Gasteiger partial charge on any atom is 0.251 e. The van der Waals surface area contributed by atoms with Gasteiger partial charge in [0.15, 0.2) is 5.78 Å². The van der Waals surface area contributed by atoms with Crippen LogP contribution < -0.4 is 11.1 Å². The summed E-state index contributed by atoms with van der Waals surface area (Å²) in [6, 6.07) is 5.93. The fourth-order valence-corrected chi connectivity index (χ4v) is 6.00. The van der Waals surface area contributed by atoms with E-state index in [0.717, 1.165) is 42.5 Å². The number of primary amides is 1. The maximum absolute atomic E-state index is 12.6. The van der Waals surface area contributed by atoms with E-state index in [2.05, 4.69) is 18.3 Å². The standard InChI is InChI=1S/C24H28N2O3S/c1-14-6-9-18-20(12-14)30-24(22(18)23(25)29)26-21(28)11-10-19(27)17-8-7-15-4-2-3-5-16(15)13-17/h7-8,13-14H,2-6,9-12H2,1H3,(H2,25,29)(H,26,28). The lowest BCUT2D eigenvalue weighted by molar-refractivity contribution is -0.116. The molecule has 3 N–H and O–H groups in total. The van der Waals surface area contributed by atoms with Crippen molar-refractivity contribution in [3.05, 3.63) is 50.9 Å². The first-order chi connectivity index (χ1) is 14.4. The van der Waals surface area contributed by atoms with Gasteiger partial charge in [0.05, 0.1) is 5.56 Å². The van der Waals surface area contributed by atoms with Crippen LogP contribution >= 0.6 is 11.3 Å². The second kappa shape index (κ2) is 8.72. The van der Waals surface area contributed by atoms with Gasteiger partial charge in [0.2, 0.25) is 5.91 Å². The second-order valence-electron chi connectivity index (χ2n) is 8.58. The second-order valence-corrected chi connectivity index (χ2v) is 9.69. The lowest BCUT2D eigenvalue weighted by Crippen LogP contribution is -2.19. The predicted octanol–water partition coefficient (Wildman–Crippen LogP) is 4.45. The van der Waals surface area contributed by atoms with E-state index in [9.17, 15) is 14.4 Å². The van der Waals surface area contributed by atoms with Crippen molar-refractivity contribution in [3.63, 3.8) is 0 Å². The zero-order valence-corrected chi connectivity index (χ0v) is 18.2. The first-order valence-corrected chi connectivity index (χ1v) is 11.6. The molecule has 0 radical (unpaired) electrons. The van der Waals surface area contributed by atoms with Crippen molar-refractivity contribution in [2.24, 2.45) is 11.7 Å². The Morgan fingerprint density at radius 2 is 1.87 bits per heavy atom. The molecule has 5 nitrogen and oxygen atoms in total. The SMILES string of the molecule is CC1CCc2c(sc(NC(=O)CCC(=O)c3ccc4c(c3)CCCC4)c2C(N)=O)C1. The van der Waals surface area contributed by atoms with E-state index >= 15 is 0 Å². The average Bonchev–Trinajstić information content (AvgIpc) is 3.08. The lowest BCUT2D eigenvalue weighted by atomic mass is 9.88. The number of rotatable bonds is 6. The molecule has 1 aromatic heterocycles. The topological polar surface area (TPSA) is 89.3 Å². The number of benzene rings is 1. The van der Waals surface area contributed by atoms with Crippen molar-refractivity contribution in [3.8, 4) is 0 Å². The molecule has 2 aliphatic rings. The van der Waals surface area contributed by atoms with Gasteiger partial charge < -0.3 is 11.1 Å². The summed E-state index contributed by atoms with van der Waals surface area (Å²) in [6.07, 6.45) is 7.47. The van der Waals surface area contributed by atoms with Gasteiger partial charge in [-0.15, -0.1) is 11.3 Å². The monoisotopic (exact) mass is 424 g/mol. The molecule has 2 amide bonds. The fourth-order valence-electron chi connectivity index (χ4n) is 4.57. The number of nitrogens with two attached hydrogens (primary N) is 1. The Balaban J connectivity index is 1.40. The van der Waals surface area contributed by atoms with Gasteiger partial charge in [-0.25, -0.2) is 0 Å². The van der Waals surface area contributed by atoms with Crippen LogP contribution in [-0.4, -0.2) is 17.6 Å². The first-order valence-electron chi connectivity index (χ1n) is 10.8. The van der Waals surface area contributed by atoms with Gasteiger partial charge in [0.1, 0.15) is 5.00 Å². The summed E-state index contributed by atoms with van der Waals surface area (Å²) in [5.74, 6) is -0.208. The number of nitrogens with one attached hydrogen (secondary N) is 1. The summed E-state index contributed by atoms with van der Waals surface area (Å²) >= 11 is 1.45. The van der Waals surface area contributed by atoms with E-state index in [1.54, 1.807) is 0 Å². The Labute approximate surface area is 181 Å². The summed E-state index contributed by atoms with van der Waals surface area (Å²) in [7, 11) is 0. The van der Waals surface area contributed by atoms with E-state index in [0.29, 0.717) is 22.0 Å². The molecule has 0 saturated carbocycles. The Bertz CT molecular complexity index is 1010. The van der Waals surface area contributed by atoms with Crippen molar-refractivity contribution >= 4 is 33.9 Å². The molecule has 0 spiro atoms. The summed E-state index contributed by atoms with van der Waals surface area (Å²) in [5.41, 5.74) is 10.3. The molecule has 30 heavy (non-hydrogen) atoms. The third-order valence-corrected chi connectivity index (χ3v) is 7.43. The van der Waals surface area contributed by atoms with Crippen molar-refractivity contribution in [1.82, 2.24) is 0 Å². The number of hydrogen-bond acceptors (Lipinski definition) is 4. The largest absolute Gasteiger partial charge is 0.365 e. The van der Waals surface area contributed by atoms with Gasteiger partial charge in [0, 0.05) is 23.3 Å². The normalized spacial score (nSPS) is 17.7. The third-order valence-electron chi connectivity index (χ3n) is 6.26. The number of ketones is 1. The Morgan fingerprint density at radius 3 is 2.63 bits per heavy atom. The first kappa shape index (κ1) is 20.8. The van der Waals surface area contributed by atoms with Crippen molar-refractivity contribution in [2.75, 3.05) is 5.32 Å². The van der Waals surface area contributed by atoms with Gasteiger partial charge in [-0.2, -0.15) is 0 Å². The molecular formula is C24H28N2O3S. The molecule has 1 heterocycles. The third kappa shape index (κ3) is 4.33. The number of fused-ring (bicyclic) bond motifs is 2. The van der Waals surface area contributed by atoms with E-state index in [1.807, 2.05) is 12.1 Å². The Kier molecular flexibility index (Phi) is 6.04. The van der Waals surface area contributed by atoms with Crippen molar-refractivity contribution < 1.29 is 14.4 Å². The van der Waals surface area contributed by atoms with Crippen LogP contribution in [0, 0.1) is 5.92 Å². The van der Waals surface area contributed by atoms with Crippen LogP contribution in [0.25, 0.3) is 0 Å². The Morgan fingerprint density at radius 1 is 1.10 bits per heavy atom. The van der Waals surface area contributed by atoms with Crippen LogP contribution in [0.4, 0.5) is 5.00 Å². The molecule has 2 aromatic rings. The molecule has 1 aromatic carbocycles. The molecule has 1 atom stereocenters. The van der Waals surface area contributed by atoms with Gasteiger partial charge in [-0.05, 0) is 73.6 Å². The van der Waals surface area contributed by atoms with E-state index in [1.165, 1.54) is 35.3 Å². The Hall–Kier alpha value is -2.47. The van der Waals surface area contributed by atoms with Crippen LogP contribution in [0.5, 0.6) is 0 Å². The molecule has 1 unspecified atom stereocenters. The zero-order valence-electron chi connectivity index (χ0n) is 17.4. The van der Waals surface area contributed by atoms with E-state index in [-0.39, 0.29) is 24.5 Å².